The third kappa shape index (κ3) is 3.84. The Balaban J connectivity index is 1.40. The van der Waals surface area contributed by atoms with E-state index in [0.29, 0.717) is 18.7 Å². The Morgan fingerprint density at radius 3 is 2.34 bits per heavy atom. The lowest BCUT2D eigenvalue weighted by Crippen LogP contribution is -2.49. The minimum absolute atomic E-state index is 0.0526. The molecule has 3 heterocycles. The van der Waals surface area contributed by atoms with E-state index in [0.717, 1.165) is 43.1 Å². The summed E-state index contributed by atoms with van der Waals surface area (Å²) in [6.45, 7) is 9.86. The van der Waals surface area contributed by atoms with Gasteiger partial charge in [-0.1, -0.05) is 18.2 Å². The predicted molar refractivity (Wildman–Crippen MR) is 113 cm³/mol. The van der Waals surface area contributed by atoms with Gasteiger partial charge in [-0.2, -0.15) is 0 Å². The molecule has 1 aromatic heterocycles. The van der Waals surface area contributed by atoms with E-state index in [1.807, 2.05) is 36.1 Å². The molecule has 2 aliphatic rings. The average molecular weight is 393 g/mol. The van der Waals surface area contributed by atoms with Gasteiger partial charge in [-0.05, 0) is 56.0 Å². The van der Waals surface area contributed by atoms with E-state index in [-0.39, 0.29) is 17.7 Å². The first-order chi connectivity index (χ1) is 13.9. The van der Waals surface area contributed by atoms with Crippen LogP contribution in [0.5, 0.6) is 0 Å². The predicted octanol–water partition coefficient (Wildman–Crippen LogP) is 2.57. The van der Waals surface area contributed by atoms with Crippen LogP contribution in [0.15, 0.2) is 30.3 Å². The number of carbonyl (C=O) groups is 2. The summed E-state index contributed by atoms with van der Waals surface area (Å²) in [7, 11) is 0. The first-order valence-electron chi connectivity index (χ1n) is 10.3. The molecule has 6 heteroatoms. The summed E-state index contributed by atoms with van der Waals surface area (Å²) in [4.78, 5) is 33.7. The van der Waals surface area contributed by atoms with Crippen molar-refractivity contribution in [3.05, 3.63) is 58.3 Å². The van der Waals surface area contributed by atoms with E-state index in [4.69, 9.17) is 4.98 Å². The van der Waals surface area contributed by atoms with E-state index in [1.54, 1.807) is 0 Å². The minimum atomic E-state index is -0.0867. The Bertz CT molecular complexity index is 931. The van der Waals surface area contributed by atoms with Crippen molar-refractivity contribution in [1.82, 2.24) is 15.2 Å². The van der Waals surface area contributed by atoms with Crippen LogP contribution < -0.4 is 10.2 Å². The zero-order valence-electron chi connectivity index (χ0n) is 17.4. The number of hydrogen-bond donors (Lipinski definition) is 1. The number of amides is 2. The van der Waals surface area contributed by atoms with Crippen LogP contribution in [0.25, 0.3) is 0 Å². The van der Waals surface area contributed by atoms with Gasteiger partial charge in [-0.25, -0.2) is 4.98 Å². The molecule has 2 saturated heterocycles. The van der Waals surface area contributed by atoms with E-state index in [9.17, 15) is 9.59 Å². The molecule has 6 nitrogen and oxygen atoms in total. The van der Waals surface area contributed by atoms with Crippen molar-refractivity contribution in [2.24, 2.45) is 0 Å². The third-order valence-corrected chi connectivity index (χ3v) is 6.11. The van der Waals surface area contributed by atoms with Crippen molar-refractivity contribution in [2.75, 3.05) is 37.6 Å². The van der Waals surface area contributed by atoms with Crippen molar-refractivity contribution in [2.45, 2.75) is 33.1 Å². The molecule has 2 aliphatic heterocycles. The first-order valence-corrected chi connectivity index (χ1v) is 10.3. The molecule has 29 heavy (non-hydrogen) atoms. The summed E-state index contributed by atoms with van der Waals surface area (Å²) in [6.07, 6.45) is 0.819. The van der Waals surface area contributed by atoms with Crippen LogP contribution in [0.4, 0.5) is 5.82 Å². The fourth-order valence-corrected chi connectivity index (χ4v) is 4.22. The van der Waals surface area contributed by atoms with Gasteiger partial charge in [-0.3, -0.25) is 9.59 Å². The molecule has 2 aromatic rings. The highest BCUT2D eigenvalue weighted by Crippen LogP contribution is 2.25. The van der Waals surface area contributed by atoms with Gasteiger partial charge in [0.25, 0.3) is 5.91 Å². The van der Waals surface area contributed by atoms with Gasteiger partial charge < -0.3 is 15.1 Å². The second kappa shape index (κ2) is 7.85. The molecule has 152 valence electrons. The normalized spacial score (nSPS) is 19.4. The van der Waals surface area contributed by atoms with Crippen LogP contribution in [0.1, 0.15) is 45.1 Å². The van der Waals surface area contributed by atoms with Gasteiger partial charge in [0.2, 0.25) is 5.91 Å². The highest BCUT2D eigenvalue weighted by Gasteiger charge is 2.27. The molecule has 2 amide bonds. The second-order valence-electron chi connectivity index (χ2n) is 8.06. The Hall–Kier alpha value is -2.89. The van der Waals surface area contributed by atoms with Crippen LogP contribution in [0.2, 0.25) is 0 Å². The van der Waals surface area contributed by atoms with Gasteiger partial charge in [0.15, 0.2) is 0 Å². The number of pyridine rings is 1. The molecule has 1 atom stereocenters. The first kappa shape index (κ1) is 19.4. The number of hydrogen-bond acceptors (Lipinski definition) is 4. The van der Waals surface area contributed by atoms with Crippen molar-refractivity contribution in [3.8, 4) is 0 Å². The highest BCUT2D eigenvalue weighted by atomic mass is 16.2. The Morgan fingerprint density at radius 2 is 1.72 bits per heavy atom. The topological polar surface area (TPSA) is 65.5 Å². The van der Waals surface area contributed by atoms with E-state index in [2.05, 4.69) is 30.1 Å². The Kier molecular flexibility index (Phi) is 5.26. The lowest BCUT2D eigenvalue weighted by molar-refractivity contribution is -0.120. The molecule has 1 aromatic carbocycles. The summed E-state index contributed by atoms with van der Waals surface area (Å²) in [5.74, 6) is 1.07. The maximum Gasteiger partial charge on any atom is 0.253 e. The molecule has 1 unspecified atom stereocenters. The minimum Gasteiger partial charge on any atom is -0.356 e. The lowest BCUT2D eigenvalue weighted by atomic mass is 9.96. The quantitative estimate of drug-likeness (QED) is 0.872. The van der Waals surface area contributed by atoms with Gasteiger partial charge in [0, 0.05) is 44.0 Å². The zero-order chi connectivity index (χ0) is 20.5. The molecule has 0 spiro atoms. The number of rotatable bonds is 3. The Morgan fingerprint density at radius 1 is 1.03 bits per heavy atom. The third-order valence-electron chi connectivity index (χ3n) is 6.11. The molecule has 0 saturated carbocycles. The van der Waals surface area contributed by atoms with Crippen molar-refractivity contribution in [1.29, 1.82) is 0 Å². The largest absolute Gasteiger partial charge is 0.356 e. The number of nitrogens with one attached hydrogen (secondary N) is 1. The summed E-state index contributed by atoms with van der Waals surface area (Å²) in [5.41, 5.74) is 5.11. The van der Waals surface area contributed by atoms with Gasteiger partial charge >= 0.3 is 0 Å². The number of nitrogens with zero attached hydrogens (tertiary/aromatic N) is 3. The van der Waals surface area contributed by atoms with Crippen LogP contribution in [0.3, 0.4) is 0 Å². The number of aryl methyl sites for hydroxylation is 3. The molecule has 4 rings (SSSR count). The molecule has 0 radical (unpaired) electrons. The van der Waals surface area contributed by atoms with Gasteiger partial charge in [0.1, 0.15) is 5.82 Å². The summed E-state index contributed by atoms with van der Waals surface area (Å²) >= 11 is 0. The molecule has 0 bridgehead atoms. The van der Waals surface area contributed by atoms with Gasteiger partial charge in [-0.15, -0.1) is 0 Å². The average Bonchev–Trinajstić information content (AvgIpc) is 3.16. The fraction of sp³-hybridized carbons (Fsp3) is 0.435. The number of benzene rings is 1. The summed E-state index contributed by atoms with van der Waals surface area (Å²) < 4.78 is 0. The number of carbonyl (C=O) groups excluding carboxylic acids is 2. The maximum atomic E-state index is 12.9. The van der Waals surface area contributed by atoms with E-state index < -0.39 is 0 Å². The zero-order valence-corrected chi connectivity index (χ0v) is 17.4. The van der Waals surface area contributed by atoms with Gasteiger partial charge in [0.05, 0.1) is 5.92 Å². The van der Waals surface area contributed by atoms with Crippen LogP contribution in [-0.4, -0.2) is 54.4 Å². The molecular formula is C23H28N4O2. The number of anilines is 1. The molecule has 1 N–H and O–H groups in total. The molecular weight excluding hydrogens is 364 g/mol. The summed E-state index contributed by atoms with van der Waals surface area (Å²) in [5, 5.41) is 2.86. The molecule has 0 aliphatic carbocycles. The fourth-order valence-electron chi connectivity index (χ4n) is 4.22. The standard InChI is InChI=1S/C23H28N4O2/c1-15-14-16(2)21(25-17(15)3)26-10-12-27(13-11-26)23(29)19-6-4-18(5-7-19)20-8-9-24-22(20)28/h4-7,14,20H,8-13H2,1-3H3,(H,24,28). The monoisotopic (exact) mass is 392 g/mol. The number of piperazine rings is 1. The van der Waals surface area contributed by atoms with Crippen LogP contribution >= 0.6 is 0 Å². The van der Waals surface area contributed by atoms with Crippen molar-refractivity contribution < 1.29 is 9.59 Å². The maximum absolute atomic E-state index is 12.9. The van der Waals surface area contributed by atoms with Crippen LogP contribution in [-0.2, 0) is 4.79 Å². The molecule has 2 fully saturated rings. The van der Waals surface area contributed by atoms with Crippen LogP contribution in [0, 0.1) is 20.8 Å². The van der Waals surface area contributed by atoms with Crippen molar-refractivity contribution in [3.63, 3.8) is 0 Å². The van der Waals surface area contributed by atoms with Crippen molar-refractivity contribution >= 4 is 17.6 Å². The Labute approximate surface area is 171 Å². The van der Waals surface area contributed by atoms with E-state index in [1.165, 1.54) is 11.1 Å². The van der Waals surface area contributed by atoms with E-state index >= 15 is 0 Å². The SMILES string of the molecule is Cc1cc(C)c(N2CCN(C(=O)c3ccc(C4CCNC4=O)cc3)CC2)nc1C. The number of aromatic nitrogens is 1. The lowest BCUT2D eigenvalue weighted by Gasteiger charge is -2.36. The highest BCUT2D eigenvalue weighted by molar-refractivity contribution is 5.94. The second-order valence-corrected chi connectivity index (χ2v) is 8.06. The smallest absolute Gasteiger partial charge is 0.253 e. The summed E-state index contributed by atoms with van der Waals surface area (Å²) in [6, 6.07) is 9.72.